The Morgan fingerprint density at radius 2 is 1.61 bits per heavy atom. The number of carboxylic acid groups (broad SMARTS) is 1. The minimum absolute atomic E-state index is 0.00580. The fourth-order valence-electron chi connectivity index (χ4n) is 6.61. The molecule has 1 aliphatic carbocycles. The first-order chi connectivity index (χ1) is 24.7. The molecule has 0 radical (unpaired) electrons. The van der Waals surface area contributed by atoms with Gasteiger partial charge in [-0.25, -0.2) is 4.79 Å². The monoisotopic (exact) mass is 694 g/mol. The molecule has 3 aromatic carbocycles. The topological polar surface area (TPSA) is 192 Å². The number of ether oxygens (including phenoxy) is 1. The molecule has 14 nitrogen and oxygen atoms in total. The van der Waals surface area contributed by atoms with Gasteiger partial charge in [0, 0.05) is 48.8 Å². The van der Waals surface area contributed by atoms with Crippen molar-refractivity contribution < 1.29 is 29.0 Å². The molecule has 0 spiro atoms. The molecule has 0 unspecified atom stereocenters. The van der Waals surface area contributed by atoms with Crippen molar-refractivity contribution in [3.05, 3.63) is 83.4 Å². The van der Waals surface area contributed by atoms with Gasteiger partial charge >= 0.3 is 6.09 Å². The summed E-state index contributed by atoms with van der Waals surface area (Å²) in [6.07, 6.45) is 1.88. The molecule has 1 aromatic heterocycles. The number of hydrogen-bond donors (Lipinski definition) is 5. The normalized spacial score (nSPS) is 18.0. The number of nitrogens with one attached hydrogen (secondary N) is 4. The fraction of sp³-hybridized carbons (Fsp3) is 0.378. The SMILES string of the molecule is Cc1ccc(-c2ccc(C[C@H](NC(=O)[C@H]3CC[C@H](CNC(=O)O)CC3)C(=O)Nc3ccc(-c4nn[nH]n4)cc3)cc2)cc1C(=O)N1CCOCC1. The van der Waals surface area contributed by atoms with Gasteiger partial charge in [-0.05, 0) is 96.3 Å². The van der Waals surface area contributed by atoms with Crippen LogP contribution in [-0.2, 0) is 20.7 Å². The van der Waals surface area contributed by atoms with Crippen LogP contribution in [0.3, 0.4) is 0 Å². The van der Waals surface area contributed by atoms with Gasteiger partial charge in [0.25, 0.3) is 5.91 Å². The van der Waals surface area contributed by atoms with E-state index in [0.717, 1.165) is 40.7 Å². The molecule has 6 rings (SSSR count). The molecule has 2 heterocycles. The quantitative estimate of drug-likeness (QED) is 0.154. The molecule has 1 atom stereocenters. The summed E-state index contributed by atoms with van der Waals surface area (Å²) in [7, 11) is 0. The van der Waals surface area contributed by atoms with Crippen LogP contribution in [0.4, 0.5) is 10.5 Å². The number of carbonyl (C=O) groups excluding carboxylic acids is 3. The Morgan fingerprint density at radius 1 is 0.922 bits per heavy atom. The molecule has 266 valence electrons. The van der Waals surface area contributed by atoms with Gasteiger partial charge in [-0.15, -0.1) is 10.2 Å². The highest BCUT2D eigenvalue weighted by Gasteiger charge is 2.30. The van der Waals surface area contributed by atoms with Crippen molar-refractivity contribution in [1.29, 1.82) is 0 Å². The second-order valence-corrected chi connectivity index (χ2v) is 13.1. The Balaban J connectivity index is 1.15. The molecule has 1 saturated heterocycles. The van der Waals surface area contributed by atoms with Crippen LogP contribution in [0.15, 0.2) is 66.7 Å². The molecule has 1 saturated carbocycles. The number of anilines is 1. The van der Waals surface area contributed by atoms with Crippen molar-refractivity contribution in [2.75, 3.05) is 38.2 Å². The number of aryl methyl sites for hydroxylation is 1. The number of nitrogens with zero attached hydrogens (tertiary/aromatic N) is 4. The summed E-state index contributed by atoms with van der Waals surface area (Å²) >= 11 is 0. The molecule has 4 amide bonds. The fourth-order valence-corrected chi connectivity index (χ4v) is 6.61. The summed E-state index contributed by atoms with van der Waals surface area (Å²) in [6.45, 7) is 4.51. The van der Waals surface area contributed by atoms with Crippen molar-refractivity contribution >= 4 is 29.5 Å². The maximum absolute atomic E-state index is 13.7. The van der Waals surface area contributed by atoms with E-state index in [-0.39, 0.29) is 36.0 Å². The van der Waals surface area contributed by atoms with E-state index in [9.17, 15) is 19.2 Å². The zero-order valence-corrected chi connectivity index (χ0v) is 28.4. The highest BCUT2D eigenvalue weighted by atomic mass is 16.5. The number of carbonyl (C=O) groups is 4. The number of amides is 4. The van der Waals surface area contributed by atoms with E-state index in [1.54, 1.807) is 24.3 Å². The lowest BCUT2D eigenvalue weighted by atomic mass is 9.81. The van der Waals surface area contributed by atoms with E-state index in [4.69, 9.17) is 9.84 Å². The number of morpholine rings is 1. The van der Waals surface area contributed by atoms with Crippen LogP contribution in [0.25, 0.3) is 22.5 Å². The summed E-state index contributed by atoms with van der Waals surface area (Å²) in [6, 6.07) is 19.8. The smallest absolute Gasteiger partial charge is 0.404 e. The van der Waals surface area contributed by atoms with E-state index >= 15 is 0 Å². The lowest BCUT2D eigenvalue weighted by Gasteiger charge is -2.29. The van der Waals surface area contributed by atoms with E-state index in [1.165, 1.54) is 0 Å². The average Bonchev–Trinajstić information content (AvgIpc) is 3.70. The van der Waals surface area contributed by atoms with Crippen LogP contribution in [0, 0.1) is 18.8 Å². The first-order valence-electron chi connectivity index (χ1n) is 17.2. The van der Waals surface area contributed by atoms with Crippen molar-refractivity contribution in [2.45, 2.75) is 45.1 Å². The van der Waals surface area contributed by atoms with Crippen LogP contribution in [0.2, 0.25) is 0 Å². The highest BCUT2D eigenvalue weighted by Crippen LogP contribution is 2.29. The molecule has 14 heteroatoms. The van der Waals surface area contributed by atoms with Crippen LogP contribution in [-0.4, -0.2) is 93.3 Å². The molecule has 1 aliphatic heterocycles. The van der Waals surface area contributed by atoms with Gasteiger partial charge in [-0.2, -0.15) is 5.21 Å². The van der Waals surface area contributed by atoms with E-state index in [2.05, 4.69) is 36.6 Å². The molecule has 2 aliphatic rings. The summed E-state index contributed by atoms with van der Waals surface area (Å²) in [5, 5.41) is 31.3. The third-order valence-corrected chi connectivity index (χ3v) is 9.64. The Bertz CT molecular complexity index is 1820. The summed E-state index contributed by atoms with van der Waals surface area (Å²) < 4.78 is 5.41. The lowest BCUT2D eigenvalue weighted by Crippen LogP contribution is -2.48. The van der Waals surface area contributed by atoms with Gasteiger partial charge in [0.15, 0.2) is 0 Å². The molecular formula is C37H42N8O6. The van der Waals surface area contributed by atoms with Gasteiger partial charge in [0.2, 0.25) is 17.6 Å². The van der Waals surface area contributed by atoms with Crippen molar-refractivity contribution in [3.63, 3.8) is 0 Å². The standard InChI is InChI=1S/C37H42N8O6/c1-23-2-7-29(21-31(23)36(48)45-16-18-51-19-17-45)26-8-3-24(4-9-26)20-32(40-34(46)28-10-5-25(6-11-28)22-38-37(49)50)35(47)39-30-14-12-27(13-15-30)33-41-43-44-42-33/h2-4,7-9,12-15,21,25,28,32,38H,5-6,10-11,16-20,22H2,1H3,(H,39,47)(H,40,46)(H,49,50)(H,41,42,43,44)/t25-,28-,32-/m0/s1. The number of aromatic nitrogens is 4. The van der Waals surface area contributed by atoms with E-state index in [0.29, 0.717) is 62.8 Å². The second-order valence-electron chi connectivity index (χ2n) is 13.1. The molecule has 4 aromatic rings. The predicted octanol–water partition coefficient (Wildman–Crippen LogP) is 4.05. The number of benzene rings is 3. The Hall–Kier alpha value is -5.63. The highest BCUT2D eigenvalue weighted by molar-refractivity contribution is 5.98. The minimum atomic E-state index is -1.05. The largest absolute Gasteiger partial charge is 0.465 e. The molecular weight excluding hydrogens is 652 g/mol. The number of tetrazole rings is 1. The van der Waals surface area contributed by atoms with Crippen LogP contribution < -0.4 is 16.0 Å². The van der Waals surface area contributed by atoms with E-state index < -0.39 is 12.1 Å². The number of hydrogen-bond acceptors (Lipinski definition) is 8. The average molecular weight is 695 g/mol. The lowest BCUT2D eigenvalue weighted by molar-refractivity contribution is -0.130. The van der Waals surface area contributed by atoms with Crippen molar-refractivity contribution in [3.8, 4) is 22.5 Å². The summed E-state index contributed by atoms with van der Waals surface area (Å²) in [5.74, 6) is -0.215. The number of H-pyrrole nitrogens is 1. The second kappa shape index (κ2) is 16.4. The third kappa shape index (κ3) is 9.14. The molecule has 0 bridgehead atoms. The first-order valence-corrected chi connectivity index (χ1v) is 17.2. The predicted molar refractivity (Wildman–Crippen MR) is 189 cm³/mol. The van der Waals surface area contributed by atoms with Gasteiger partial charge in [-0.1, -0.05) is 36.4 Å². The van der Waals surface area contributed by atoms with Crippen molar-refractivity contribution in [1.82, 2.24) is 36.2 Å². The number of rotatable bonds is 11. The Morgan fingerprint density at radius 3 is 2.27 bits per heavy atom. The summed E-state index contributed by atoms with van der Waals surface area (Å²) in [5.41, 5.74) is 5.54. The Labute approximate surface area is 295 Å². The molecule has 51 heavy (non-hydrogen) atoms. The van der Waals surface area contributed by atoms with Gasteiger partial charge in [0.05, 0.1) is 13.2 Å². The number of aromatic amines is 1. The van der Waals surface area contributed by atoms with Crippen LogP contribution in [0.1, 0.15) is 47.2 Å². The van der Waals surface area contributed by atoms with E-state index in [1.807, 2.05) is 54.3 Å². The minimum Gasteiger partial charge on any atom is -0.465 e. The van der Waals surface area contributed by atoms with Gasteiger partial charge < -0.3 is 30.7 Å². The van der Waals surface area contributed by atoms with Crippen LogP contribution in [0.5, 0.6) is 0 Å². The maximum atomic E-state index is 13.7. The van der Waals surface area contributed by atoms with Crippen LogP contribution >= 0.6 is 0 Å². The van der Waals surface area contributed by atoms with Crippen molar-refractivity contribution in [2.24, 2.45) is 11.8 Å². The first kappa shape index (κ1) is 35.2. The molecule has 5 N–H and O–H groups in total. The Kier molecular flexibility index (Phi) is 11.3. The zero-order valence-electron chi connectivity index (χ0n) is 28.4. The third-order valence-electron chi connectivity index (χ3n) is 9.64. The zero-order chi connectivity index (χ0) is 35.7. The maximum Gasteiger partial charge on any atom is 0.404 e. The van der Waals surface area contributed by atoms with Gasteiger partial charge in [0.1, 0.15) is 6.04 Å². The van der Waals surface area contributed by atoms with Gasteiger partial charge in [-0.3, -0.25) is 14.4 Å². The molecule has 2 fully saturated rings. The summed E-state index contributed by atoms with van der Waals surface area (Å²) in [4.78, 5) is 53.3.